The van der Waals surface area contributed by atoms with Gasteiger partial charge in [-0.1, -0.05) is 6.92 Å². The normalized spacial score (nSPS) is 15.2. The molecule has 28 heavy (non-hydrogen) atoms. The lowest BCUT2D eigenvalue weighted by Crippen LogP contribution is -2.38. The van der Waals surface area contributed by atoms with Crippen LogP contribution in [0.5, 0.6) is 5.75 Å². The molecule has 3 heterocycles. The summed E-state index contributed by atoms with van der Waals surface area (Å²) in [7, 11) is 0. The largest absolute Gasteiger partial charge is 0.482 e. The van der Waals surface area contributed by atoms with E-state index in [1.54, 1.807) is 30.0 Å². The van der Waals surface area contributed by atoms with Gasteiger partial charge in [0.1, 0.15) is 5.75 Å². The zero-order valence-corrected chi connectivity index (χ0v) is 15.5. The van der Waals surface area contributed by atoms with Crippen LogP contribution in [0.25, 0.3) is 0 Å². The van der Waals surface area contributed by atoms with Gasteiger partial charge >= 0.3 is 0 Å². The van der Waals surface area contributed by atoms with Gasteiger partial charge in [0.25, 0.3) is 11.8 Å². The summed E-state index contributed by atoms with van der Waals surface area (Å²) in [5.74, 6) is 0.174. The van der Waals surface area contributed by atoms with Crippen LogP contribution in [0.1, 0.15) is 35.1 Å². The summed E-state index contributed by atoms with van der Waals surface area (Å²) in [6.45, 7) is 3.72. The second-order valence-corrected chi connectivity index (χ2v) is 6.75. The molecule has 146 valence electrons. The van der Waals surface area contributed by atoms with Crippen LogP contribution in [0.2, 0.25) is 0 Å². The predicted octanol–water partition coefficient (Wildman–Crippen LogP) is 0.896. The highest BCUT2D eigenvalue weighted by Gasteiger charge is 2.25. The van der Waals surface area contributed by atoms with E-state index in [9.17, 15) is 14.4 Å². The number of aromatic nitrogens is 2. The zero-order valence-electron chi connectivity index (χ0n) is 15.5. The van der Waals surface area contributed by atoms with Gasteiger partial charge in [-0.2, -0.15) is 5.10 Å². The molecule has 2 aliphatic heterocycles. The minimum absolute atomic E-state index is 0.0198. The third kappa shape index (κ3) is 3.55. The fourth-order valence-electron chi connectivity index (χ4n) is 3.29. The Bertz CT molecular complexity index is 952. The molecular weight excluding hydrogens is 362 g/mol. The number of ether oxygens (including phenoxy) is 1. The molecule has 4 rings (SSSR count). The molecule has 3 amide bonds. The van der Waals surface area contributed by atoms with Gasteiger partial charge < -0.3 is 20.3 Å². The molecule has 0 atom stereocenters. The smallest absolute Gasteiger partial charge is 0.262 e. The molecule has 9 heteroatoms. The lowest BCUT2D eigenvalue weighted by molar-refractivity contribution is -0.121. The first-order chi connectivity index (χ1) is 13.5. The lowest BCUT2D eigenvalue weighted by atomic mass is 10.1. The van der Waals surface area contributed by atoms with E-state index in [1.807, 2.05) is 10.7 Å². The monoisotopic (exact) mass is 383 g/mol. The Morgan fingerprint density at radius 2 is 2.14 bits per heavy atom. The number of rotatable bonds is 4. The molecule has 0 aliphatic carbocycles. The number of amides is 3. The first-order valence-corrected chi connectivity index (χ1v) is 9.21. The fraction of sp³-hybridized carbons (Fsp3) is 0.368. The molecule has 2 aliphatic rings. The third-order valence-electron chi connectivity index (χ3n) is 4.78. The van der Waals surface area contributed by atoms with Gasteiger partial charge in [-0.15, -0.1) is 0 Å². The molecule has 1 aromatic carbocycles. The molecule has 1 aromatic heterocycles. The highest BCUT2D eigenvalue weighted by Crippen LogP contribution is 2.29. The van der Waals surface area contributed by atoms with Gasteiger partial charge in [0, 0.05) is 18.5 Å². The number of carbonyl (C=O) groups is 3. The number of nitrogens with one attached hydrogen (secondary N) is 2. The summed E-state index contributed by atoms with van der Waals surface area (Å²) in [4.78, 5) is 37.5. The minimum atomic E-state index is -0.207. The molecule has 0 saturated carbocycles. The number of anilines is 1. The lowest BCUT2D eigenvalue weighted by Gasteiger charge is -2.28. The number of hydrogen-bond acceptors (Lipinski definition) is 5. The molecular formula is C19H21N5O4. The number of nitrogens with zero attached hydrogens (tertiary/aromatic N) is 3. The van der Waals surface area contributed by atoms with Crippen molar-refractivity contribution in [1.82, 2.24) is 20.0 Å². The molecule has 0 radical (unpaired) electrons. The fourth-order valence-corrected chi connectivity index (χ4v) is 3.29. The average Bonchev–Trinajstić information content (AvgIpc) is 3.13. The van der Waals surface area contributed by atoms with Crippen molar-refractivity contribution < 1.29 is 19.1 Å². The van der Waals surface area contributed by atoms with E-state index in [2.05, 4.69) is 15.7 Å². The molecule has 0 spiro atoms. The standard InChI is InChI=1S/C19H21N5O4/c1-2-17(25)20-9-13-8-14-10-23(5-6-24(14)22-13)19(27)12-3-4-15-16(7-12)28-11-18(26)21-15/h3-4,7-8H,2,5-6,9-11H2,1H3,(H,20,25)(H,21,26). The van der Waals surface area contributed by atoms with E-state index in [4.69, 9.17) is 4.74 Å². The van der Waals surface area contributed by atoms with Gasteiger partial charge in [-0.3, -0.25) is 19.1 Å². The van der Waals surface area contributed by atoms with Crippen molar-refractivity contribution in [3.63, 3.8) is 0 Å². The van der Waals surface area contributed by atoms with E-state index < -0.39 is 0 Å². The molecule has 0 unspecified atom stereocenters. The number of carbonyl (C=O) groups excluding carboxylic acids is 3. The number of fused-ring (bicyclic) bond motifs is 2. The second kappa shape index (κ2) is 7.34. The molecule has 2 N–H and O–H groups in total. The van der Waals surface area contributed by atoms with Crippen molar-refractivity contribution in [3.05, 3.63) is 41.2 Å². The van der Waals surface area contributed by atoms with E-state index >= 15 is 0 Å². The van der Waals surface area contributed by atoms with Crippen LogP contribution in [0.15, 0.2) is 24.3 Å². The highest BCUT2D eigenvalue weighted by atomic mass is 16.5. The van der Waals surface area contributed by atoms with Gasteiger partial charge in [-0.05, 0) is 24.3 Å². The van der Waals surface area contributed by atoms with Gasteiger partial charge in [0.2, 0.25) is 5.91 Å². The average molecular weight is 383 g/mol. The Balaban J connectivity index is 1.45. The maximum atomic E-state index is 12.9. The van der Waals surface area contributed by atoms with E-state index in [0.717, 1.165) is 11.4 Å². The Morgan fingerprint density at radius 3 is 2.96 bits per heavy atom. The van der Waals surface area contributed by atoms with Crippen LogP contribution < -0.4 is 15.4 Å². The number of hydrogen-bond donors (Lipinski definition) is 2. The van der Waals surface area contributed by atoms with Crippen LogP contribution >= 0.6 is 0 Å². The van der Waals surface area contributed by atoms with E-state index in [1.165, 1.54) is 0 Å². The van der Waals surface area contributed by atoms with Crippen LogP contribution in [-0.2, 0) is 29.2 Å². The first kappa shape index (κ1) is 18.0. The van der Waals surface area contributed by atoms with Crippen LogP contribution in [0.3, 0.4) is 0 Å². The van der Waals surface area contributed by atoms with Crippen molar-refractivity contribution in [2.75, 3.05) is 18.5 Å². The minimum Gasteiger partial charge on any atom is -0.482 e. The van der Waals surface area contributed by atoms with Crippen molar-refractivity contribution >= 4 is 23.4 Å². The maximum Gasteiger partial charge on any atom is 0.262 e. The highest BCUT2D eigenvalue weighted by molar-refractivity contribution is 5.99. The predicted molar refractivity (Wildman–Crippen MR) is 99.7 cm³/mol. The summed E-state index contributed by atoms with van der Waals surface area (Å²) in [5, 5.41) is 10.0. The quantitative estimate of drug-likeness (QED) is 0.816. The Labute approximate surface area is 161 Å². The molecule has 9 nitrogen and oxygen atoms in total. The maximum absolute atomic E-state index is 12.9. The zero-order chi connectivity index (χ0) is 19.7. The van der Waals surface area contributed by atoms with Crippen LogP contribution in [-0.4, -0.2) is 45.6 Å². The van der Waals surface area contributed by atoms with Gasteiger partial charge in [0.05, 0.1) is 36.7 Å². The topological polar surface area (TPSA) is 106 Å². The van der Waals surface area contributed by atoms with Crippen LogP contribution in [0, 0.1) is 0 Å². The second-order valence-electron chi connectivity index (χ2n) is 6.75. The van der Waals surface area contributed by atoms with Crippen molar-refractivity contribution in [2.24, 2.45) is 0 Å². The molecule has 0 saturated heterocycles. The van der Waals surface area contributed by atoms with Gasteiger partial charge in [0.15, 0.2) is 6.61 Å². The van der Waals surface area contributed by atoms with Gasteiger partial charge in [-0.25, -0.2) is 0 Å². The van der Waals surface area contributed by atoms with E-state index in [-0.39, 0.29) is 24.3 Å². The number of benzene rings is 1. The molecule has 2 aromatic rings. The van der Waals surface area contributed by atoms with Crippen molar-refractivity contribution in [2.45, 2.75) is 33.0 Å². The van der Waals surface area contributed by atoms with Crippen molar-refractivity contribution in [3.8, 4) is 5.75 Å². The SMILES string of the molecule is CCC(=O)NCc1cc2n(n1)CCN(C(=O)c1ccc3c(c1)OCC(=O)N3)C2. The van der Waals surface area contributed by atoms with Crippen molar-refractivity contribution in [1.29, 1.82) is 0 Å². The molecule has 0 fully saturated rings. The Kier molecular flexibility index (Phi) is 4.72. The first-order valence-electron chi connectivity index (χ1n) is 9.21. The Hall–Kier alpha value is -3.36. The molecule has 0 bridgehead atoms. The third-order valence-corrected chi connectivity index (χ3v) is 4.78. The van der Waals surface area contributed by atoms with Crippen LogP contribution in [0.4, 0.5) is 5.69 Å². The summed E-state index contributed by atoms with van der Waals surface area (Å²) < 4.78 is 7.28. The van der Waals surface area contributed by atoms with E-state index in [0.29, 0.717) is 49.6 Å². The summed E-state index contributed by atoms with van der Waals surface area (Å²) in [6, 6.07) is 6.95. The summed E-state index contributed by atoms with van der Waals surface area (Å²) in [6.07, 6.45) is 0.435. The summed E-state index contributed by atoms with van der Waals surface area (Å²) in [5.41, 5.74) is 2.80. The summed E-state index contributed by atoms with van der Waals surface area (Å²) >= 11 is 0. The Morgan fingerprint density at radius 1 is 1.29 bits per heavy atom.